The zero-order chi connectivity index (χ0) is 14.1. The SMILES string of the molecule is COc1cc([C@@H]2NC(=O)c3ccccc3N2)ccc1O. The number of ether oxygens (including phenoxy) is 1. The smallest absolute Gasteiger partial charge is 0.255 e. The van der Waals surface area contributed by atoms with Gasteiger partial charge in [-0.25, -0.2) is 0 Å². The number of anilines is 1. The Bertz CT molecular complexity index is 670. The molecule has 0 radical (unpaired) electrons. The van der Waals surface area contributed by atoms with Crippen LogP contribution in [-0.4, -0.2) is 18.1 Å². The zero-order valence-electron chi connectivity index (χ0n) is 10.9. The molecule has 20 heavy (non-hydrogen) atoms. The Balaban J connectivity index is 1.95. The first-order chi connectivity index (χ1) is 9.69. The van der Waals surface area contributed by atoms with Crippen molar-refractivity contribution >= 4 is 11.6 Å². The molecule has 0 bridgehead atoms. The lowest BCUT2D eigenvalue weighted by atomic mass is 10.1. The molecule has 1 amide bonds. The van der Waals surface area contributed by atoms with E-state index >= 15 is 0 Å². The molecule has 102 valence electrons. The second-order valence-electron chi connectivity index (χ2n) is 4.53. The van der Waals surface area contributed by atoms with Crippen molar-refractivity contribution in [3.8, 4) is 11.5 Å². The quantitative estimate of drug-likeness (QED) is 0.782. The van der Waals surface area contributed by atoms with E-state index in [0.29, 0.717) is 11.3 Å². The molecule has 3 N–H and O–H groups in total. The summed E-state index contributed by atoms with van der Waals surface area (Å²) in [5.74, 6) is 0.313. The van der Waals surface area contributed by atoms with Gasteiger partial charge in [0.05, 0.1) is 12.7 Å². The molecular formula is C15H14N2O3. The molecule has 1 aliphatic heterocycles. The van der Waals surface area contributed by atoms with Gasteiger partial charge in [0.2, 0.25) is 0 Å². The van der Waals surface area contributed by atoms with E-state index in [1.54, 1.807) is 24.3 Å². The number of para-hydroxylation sites is 1. The number of fused-ring (bicyclic) bond motifs is 1. The second-order valence-corrected chi connectivity index (χ2v) is 4.53. The van der Waals surface area contributed by atoms with Crippen LogP contribution in [0.25, 0.3) is 0 Å². The number of phenols is 1. The summed E-state index contributed by atoms with van der Waals surface area (Å²) < 4.78 is 5.08. The summed E-state index contributed by atoms with van der Waals surface area (Å²) in [6, 6.07) is 12.3. The molecule has 0 aromatic heterocycles. The van der Waals surface area contributed by atoms with Gasteiger partial charge in [-0.3, -0.25) is 4.79 Å². The fraction of sp³-hybridized carbons (Fsp3) is 0.133. The van der Waals surface area contributed by atoms with Crippen molar-refractivity contribution in [1.29, 1.82) is 0 Å². The molecule has 2 aromatic rings. The minimum atomic E-state index is -0.355. The molecule has 0 saturated carbocycles. The third kappa shape index (κ3) is 2.03. The molecule has 1 heterocycles. The van der Waals surface area contributed by atoms with Gasteiger partial charge in [-0.05, 0) is 29.8 Å². The average molecular weight is 270 g/mol. The second kappa shape index (κ2) is 4.77. The summed E-state index contributed by atoms with van der Waals surface area (Å²) in [6.45, 7) is 0. The monoisotopic (exact) mass is 270 g/mol. The number of carbonyl (C=O) groups is 1. The lowest BCUT2D eigenvalue weighted by molar-refractivity contribution is 0.0935. The maximum Gasteiger partial charge on any atom is 0.255 e. The van der Waals surface area contributed by atoms with Crippen molar-refractivity contribution < 1.29 is 14.6 Å². The molecule has 5 nitrogen and oxygen atoms in total. The summed E-state index contributed by atoms with van der Waals surface area (Å²) >= 11 is 0. The predicted octanol–water partition coefficient (Wildman–Crippen LogP) is 2.25. The van der Waals surface area contributed by atoms with Crippen LogP contribution in [-0.2, 0) is 0 Å². The highest BCUT2D eigenvalue weighted by Crippen LogP contribution is 2.31. The van der Waals surface area contributed by atoms with Crippen molar-refractivity contribution in [3.05, 3.63) is 53.6 Å². The first-order valence-electron chi connectivity index (χ1n) is 6.22. The minimum absolute atomic E-state index is 0.0683. The number of aromatic hydroxyl groups is 1. The third-order valence-corrected chi connectivity index (χ3v) is 3.28. The summed E-state index contributed by atoms with van der Waals surface area (Å²) in [5.41, 5.74) is 2.21. The first kappa shape index (κ1) is 12.3. The number of carbonyl (C=O) groups excluding carboxylic acids is 1. The van der Waals surface area contributed by atoms with Crippen molar-refractivity contribution in [2.75, 3.05) is 12.4 Å². The van der Waals surface area contributed by atoms with Gasteiger partial charge in [-0.1, -0.05) is 18.2 Å². The standard InChI is InChI=1S/C15H14N2O3/c1-20-13-8-9(6-7-12(13)18)14-16-11-5-3-2-4-10(11)15(19)17-14/h2-8,14,16,18H,1H3,(H,17,19)/t14-/m0/s1. The van der Waals surface area contributed by atoms with Gasteiger partial charge in [0.15, 0.2) is 11.5 Å². The van der Waals surface area contributed by atoms with Crippen molar-refractivity contribution in [2.24, 2.45) is 0 Å². The van der Waals surface area contributed by atoms with E-state index in [9.17, 15) is 9.90 Å². The minimum Gasteiger partial charge on any atom is -0.504 e. The van der Waals surface area contributed by atoms with E-state index in [0.717, 1.165) is 11.3 Å². The number of rotatable bonds is 2. The number of benzene rings is 2. The molecule has 2 aromatic carbocycles. The maximum atomic E-state index is 12.1. The van der Waals surface area contributed by atoms with E-state index in [1.165, 1.54) is 7.11 Å². The van der Waals surface area contributed by atoms with Gasteiger partial charge in [-0.15, -0.1) is 0 Å². The molecule has 0 spiro atoms. The normalized spacial score (nSPS) is 16.9. The van der Waals surface area contributed by atoms with Gasteiger partial charge < -0.3 is 20.5 Å². The van der Waals surface area contributed by atoms with Gasteiger partial charge in [0.1, 0.15) is 6.17 Å². The van der Waals surface area contributed by atoms with Crippen LogP contribution in [0, 0.1) is 0 Å². The topological polar surface area (TPSA) is 70.6 Å². The molecule has 1 aliphatic rings. The van der Waals surface area contributed by atoms with Crippen LogP contribution in [0.1, 0.15) is 22.1 Å². The van der Waals surface area contributed by atoms with Gasteiger partial charge in [-0.2, -0.15) is 0 Å². The molecule has 3 rings (SSSR count). The van der Waals surface area contributed by atoms with Crippen LogP contribution < -0.4 is 15.4 Å². The lowest BCUT2D eigenvalue weighted by Gasteiger charge is -2.28. The van der Waals surface area contributed by atoms with Crippen LogP contribution in [0.4, 0.5) is 5.69 Å². The highest BCUT2D eigenvalue weighted by molar-refractivity contribution is 6.01. The van der Waals surface area contributed by atoms with E-state index in [2.05, 4.69) is 10.6 Å². The Labute approximate surface area is 116 Å². The number of nitrogens with one attached hydrogen (secondary N) is 2. The van der Waals surface area contributed by atoms with Gasteiger partial charge >= 0.3 is 0 Å². The summed E-state index contributed by atoms with van der Waals surface area (Å²) in [6.07, 6.45) is -0.355. The Hall–Kier alpha value is -2.69. The van der Waals surface area contributed by atoms with Crippen LogP contribution in [0.3, 0.4) is 0 Å². The summed E-state index contributed by atoms with van der Waals surface area (Å²) in [4.78, 5) is 12.1. The summed E-state index contributed by atoms with van der Waals surface area (Å²) in [7, 11) is 1.49. The largest absolute Gasteiger partial charge is 0.504 e. The van der Waals surface area contributed by atoms with E-state index < -0.39 is 0 Å². The summed E-state index contributed by atoms with van der Waals surface area (Å²) in [5, 5.41) is 15.7. The molecule has 0 fully saturated rings. The Kier molecular flexibility index (Phi) is 2.95. The van der Waals surface area contributed by atoms with Crippen LogP contribution >= 0.6 is 0 Å². The first-order valence-corrected chi connectivity index (χ1v) is 6.22. The van der Waals surface area contributed by atoms with Crippen LogP contribution in [0.5, 0.6) is 11.5 Å². The maximum absolute atomic E-state index is 12.1. The number of phenolic OH excluding ortho intramolecular Hbond substituents is 1. The Morgan fingerprint density at radius 1 is 1.15 bits per heavy atom. The molecule has 1 atom stereocenters. The fourth-order valence-electron chi connectivity index (χ4n) is 2.25. The number of hydrogen-bond acceptors (Lipinski definition) is 4. The molecule has 0 aliphatic carbocycles. The molecular weight excluding hydrogens is 256 g/mol. The number of hydrogen-bond donors (Lipinski definition) is 3. The highest BCUT2D eigenvalue weighted by atomic mass is 16.5. The average Bonchev–Trinajstić information content (AvgIpc) is 2.47. The van der Waals surface area contributed by atoms with Crippen LogP contribution in [0.15, 0.2) is 42.5 Å². The highest BCUT2D eigenvalue weighted by Gasteiger charge is 2.24. The molecule has 0 saturated heterocycles. The van der Waals surface area contributed by atoms with Crippen molar-refractivity contribution in [1.82, 2.24) is 5.32 Å². The van der Waals surface area contributed by atoms with Crippen molar-refractivity contribution in [2.45, 2.75) is 6.17 Å². The van der Waals surface area contributed by atoms with Crippen molar-refractivity contribution in [3.63, 3.8) is 0 Å². The number of amides is 1. The van der Waals surface area contributed by atoms with E-state index in [4.69, 9.17) is 4.74 Å². The Morgan fingerprint density at radius 3 is 2.75 bits per heavy atom. The molecule has 0 unspecified atom stereocenters. The van der Waals surface area contributed by atoms with Gasteiger partial charge in [0, 0.05) is 5.69 Å². The van der Waals surface area contributed by atoms with Crippen LogP contribution in [0.2, 0.25) is 0 Å². The third-order valence-electron chi connectivity index (χ3n) is 3.28. The van der Waals surface area contributed by atoms with E-state index in [-0.39, 0.29) is 17.8 Å². The molecule has 5 heteroatoms. The fourth-order valence-corrected chi connectivity index (χ4v) is 2.25. The lowest BCUT2D eigenvalue weighted by Crippen LogP contribution is -2.38. The predicted molar refractivity (Wildman–Crippen MR) is 74.9 cm³/mol. The van der Waals surface area contributed by atoms with E-state index in [1.807, 2.05) is 18.2 Å². The zero-order valence-corrected chi connectivity index (χ0v) is 10.9. The van der Waals surface area contributed by atoms with Gasteiger partial charge in [0.25, 0.3) is 5.91 Å². The number of methoxy groups -OCH3 is 1. The Morgan fingerprint density at radius 2 is 1.95 bits per heavy atom.